The Bertz CT molecular complexity index is 1450. The van der Waals surface area contributed by atoms with Crippen LogP contribution in [0.3, 0.4) is 0 Å². The van der Waals surface area contributed by atoms with Crippen molar-refractivity contribution in [3.8, 4) is 23.6 Å². The van der Waals surface area contributed by atoms with Crippen LogP contribution in [0.5, 0.6) is 11.8 Å². The molecule has 1 saturated heterocycles. The van der Waals surface area contributed by atoms with E-state index in [1.165, 1.54) is 4.57 Å². The molecule has 0 aliphatic carbocycles. The quantitative estimate of drug-likeness (QED) is 0.407. The van der Waals surface area contributed by atoms with Gasteiger partial charge in [-0.15, -0.1) is 5.92 Å². The van der Waals surface area contributed by atoms with Gasteiger partial charge in [0.15, 0.2) is 11.2 Å². The molecule has 4 rings (SSSR count). The van der Waals surface area contributed by atoms with Gasteiger partial charge in [-0.1, -0.05) is 5.92 Å². The van der Waals surface area contributed by atoms with Gasteiger partial charge < -0.3 is 25.8 Å². The largest absolute Gasteiger partial charge is 0.490 e. The number of carbonyl (C=O) groups is 2. The van der Waals surface area contributed by atoms with Crippen LogP contribution in [0.2, 0.25) is 0 Å². The number of carboxylic acid groups (broad SMARTS) is 1. The molecule has 3 heterocycles. The number of fused-ring (bicyclic) bond motifs is 1. The van der Waals surface area contributed by atoms with Crippen LogP contribution in [-0.2, 0) is 18.4 Å². The molecular weight excluding hydrogens is 511 g/mol. The Morgan fingerprint density at radius 1 is 1.18 bits per heavy atom. The van der Waals surface area contributed by atoms with E-state index in [1.807, 2.05) is 4.57 Å². The Hall–Kier alpha value is -4.58. The number of piperazine rings is 1. The van der Waals surface area contributed by atoms with Crippen molar-refractivity contribution in [3.63, 3.8) is 0 Å². The van der Waals surface area contributed by atoms with Gasteiger partial charge in [-0.25, -0.2) is 4.79 Å². The first-order chi connectivity index (χ1) is 17.9. The SMILES string of the molecule is CC#CCn1c(N2CCNCC2)nc2nc(Oc3ccc(C(N)=O)cc3)n(C)c(=O)c21.O=C(O)C(F)(F)F. The number of aromatic nitrogens is 4. The number of hydrogen-bond donors (Lipinski definition) is 3. The van der Waals surface area contributed by atoms with E-state index in [0.29, 0.717) is 35.0 Å². The molecule has 1 amide bonds. The highest BCUT2D eigenvalue weighted by atomic mass is 19.4. The van der Waals surface area contributed by atoms with Gasteiger partial charge in [-0.2, -0.15) is 23.1 Å². The van der Waals surface area contributed by atoms with E-state index in [4.69, 9.17) is 20.4 Å². The smallest absolute Gasteiger partial charge is 0.475 e. The van der Waals surface area contributed by atoms with Crippen LogP contribution in [0, 0.1) is 11.8 Å². The second-order valence-electron chi connectivity index (χ2n) is 7.89. The van der Waals surface area contributed by atoms with Crippen LogP contribution >= 0.6 is 0 Å². The number of ether oxygens (including phenoxy) is 1. The number of carboxylic acids is 1. The predicted octanol–water partition coefficient (Wildman–Crippen LogP) is 1.09. The summed E-state index contributed by atoms with van der Waals surface area (Å²) < 4.78 is 40.7. The molecule has 1 fully saturated rings. The minimum absolute atomic E-state index is 0.0995. The van der Waals surface area contributed by atoms with E-state index in [9.17, 15) is 22.8 Å². The molecule has 1 aliphatic heterocycles. The minimum Gasteiger partial charge on any atom is -0.475 e. The van der Waals surface area contributed by atoms with Gasteiger partial charge in [0.1, 0.15) is 5.75 Å². The van der Waals surface area contributed by atoms with Gasteiger partial charge in [-0.3, -0.25) is 18.7 Å². The Morgan fingerprint density at radius 3 is 2.32 bits per heavy atom. The summed E-state index contributed by atoms with van der Waals surface area (Å²) in [4.78, 5) is 44.6. The van der Waals surface area contributed by atoms with Gasteiger partial charge in [-0.05, 0) is 31.2 Å². The van der Waals surface area contributed by atoms with Crippen LogP contribution in [0.4, 0.5) is 19.1 Å². The molecule has 0 saturated carbocycles. The maximum absolute atomic E-state index is 13.2. The minimum atomic E-state index is -5.08. The van der Waals surface area contributed by atoms with Crippen LogP contribution in [0.15, 0.2) is 29.1 Å². The molecule has 0 spiro atoms. The molecule has 202 valence electrons. The third kappa shape index (κ3) is 6.40. The number of alkyl halides is 3. The number of hydrogen-bond acceptors (Lipinski definition) is 8. The summed E-state index contributed by atoms with van der Waals surface area (Å²) in [6, 6.07) is 6.39. The first-order valence-electron chi connectivity index (χ1n) is 11.1. The third-order valence-corrected chi connectivity index (χ3v) is 5.33. The standard InChI is InChI=1S/C21H23N7O3.C2HF3O2/c1-3-4-11-28-16-18(24-20(28)27-12-9-23-10-13-27)25-21(26(2)19(16)30)31-15-7-5-14(6-8-15)17(22)29;3-2(4,5)1(6)7/h5-8,23H,9-13H2,1-2H3,(H2,22,29);(H,6,7). The highest BCUT2D eigenvalue weighted by Gasteiger charge is 2.38. The molecule has 38 heavy (non-hydrogen) atoms. The number of aliphatic carboxylic acids is 1. The van der Waals surface area contributed by atoms with Gasteiger partial charge in [0.05, 0.1) is 6.54 Å². The summed E-state index contributed by atoms with van der Waals surface area (Å²) in [7, 11) is 1.59. The first-order valence-corrected chi connectivity index (χ1v) is 11.1. The van der Waals surface area contributed by atoms with E-state index in [1.54, 1.807) is 38.2 Å². The zero-order chi connectivity index (χ0) is 28.0. The average Bonchev–Trinajstić information content (AvgIpc) is 3.24. The van der Waals surface area contributed by atoms with E-state index < -0.39 is 18.1 Å². The fourth-order valence-electron chi connectivity index (χ4n) is 3.43. The van der Waals surface area contributed by atoms with Crippen LogP contribution in [-0.4, -0.2) is 68.4 Å². The fourth-order valence-corrected chi connectivity index (χ4v) is 3.43. The van der Waals surface area contributed by atoms with Gasteiger partial charge in [0.2, 0.25) is 11.9 Å². The van der Waals surface area contributed by atoms with E-state index in [2.05, 4.69) is 32.0 Å². The molecule has 12 nitrogen and oxygen atoms in total. The molecule has 0 unspecified atom stereocenters. The number of imidazole rings is 1. The topological polar surface area (TPSA) is 158 Å². The molecule has 1 aromatic carbocycles. The van der Waals surface area contributed by atoms with Crippen LogP contribution in [0.1, 0.15) is 17.3 Å². The highest BCUT2D eigenvalue weighted by Crippen LogP contribution is 2.24. The van der Waals surface area contributed by atoms with Gasteiger partial charge in [0.25, 0.3) is 5.56 Å². The van der Waals surface area contributed by atoms with Crippen molar-refractivity contribution < 1.29 is 32.6 Å². The second kappa shape index (κ2) is 11.6. The number of amides is 1. The van der Waals surface area contributed by atoms with Gasteiger partial charge >= 0.3 is 18.2 Å². The lowest BCUT2D eigenvalue weighted by molar-refractivity contribution is -0.192. The molecule has 3 aromatic rings. The number of carbonyl (C=O) groups excluding carboxylic acids is 1. The van der Waals surface area contributed by atoms with Crippen molar-refractivity contribution >= 4 is 29.0 Å². The van der Waals surface area contributed by atoms with E-state index in [-0.39, 0.29) is 11.6 Å². The number of anilines is 1. The summed E-state index contributed by atoms with van der Waals surface area (Å²) in [5.74, 6) is 3.71. The van der Waals surface area contributed by atoms with Crippen molar-refractivity contribution in [2.24, 2.45) is 12.8 Å². The molecule has 1 aliphatic rings. The number of rotatable bonds is 5. The summed E-state index contributed by atoms with van der Waals surface area (Å²) in [6.45, 7) is 5.33. The highest BCUT2D eigenvalue weighted by molar-refractivity contribution is 5.92. The summed E-state index contributed by atoms with van der Waals surface area (Å²) >= 11 is 0. The Labute approximate surface area is 213 Å². The van der Waals surface area contributed by atoms with Crippen molar-refractivity contribution in [2.75, 3.05) is 31.1 Å². The summed E-state index contributed by atoms with van der Waals surface area (Å²) in [5, 5.41) is 10.4. The molecule has 0 radical (unpaired) electrons. The zero-order valence-corrected chi connectivity index (χ0v) is 20.4. The van der Waals surface area contributed by atoms with Crippen LogP contribution < -0.4 is 26.2 Å². The Balaban J connectivity index is 0.000000505. The maximum atomic E-state index is 13.2. The molecule has 4 N–H and O–H groups in total. The van der Waals surface area contributed by atoms with Crippen LogP contribution in [0.25, 0.3) is 11.2 Å². The lowest BCUT2D eigenvalue weighted by atomic mass is 10.2. The number of nitrogens with one attached hydrogen (secondary N) is 1. The second-order valence-corrected chi connectivity index (χ2v) is 7.89. The molecular formula is C23H24F3N7O5. The lowest BCUT2D eigenvalue weighted by Crippen LogP contribution is -2.44. The molecule has 0 bridgehead atoms. The van der Waals surface area contributed by atoms with Crippen molar-refractivity contribution in [3.05, 3.63) is 40.2 Å². The molecule has 2 aromatic heterocycles. The monoisotopic (exact) mass is 535 g/mol. The normalized spacial score (nSPS) is 13.2. The van der Waals surface area contributed by atoms with E-state index >= 15 is 0 Å². The first kappa shape index (κ1) is 28.0. The lowest BCUT2D eigenvalue weighted by Gasteiger charge is -2.28. The van der Waals surface area contributed by atoms with E-state index in [0.717, 1.165) is 26.2 Å². The summed E-state index contributed by atoms with van der Waals surface area (Å²) in [5.41, 5.74) is 6.04. The zero-order valence-electron chi connectivity index (χ0n) is 20.4. The average molecular weight is 535 g/mol. The number of halogens is 3. The Kier molecular flexibility index (Phi) is 8.58. The van der Waals surface area contributed by atoms with Crippen molar-refractivity contribution in [2.45, 2.75) is 19.6 Å². The Morgan fingerprint density at radius 2 is 1.79 bits per heavy atom. The molecule has 0 atom stereocenters. The number of nitrogens with two attached hydrogens (primary N) is 1. The number of primary amides is 1. The number of nitrogens with zero attached hydrogens (tertiary/aromatic N) is 5. The van der Waals surface area contributed by atoms with Crippen molar-refractivity contribution in [1.82, 2.24) is 24.4 Å². The van der Waals surface area contributed by atoms with Crippen molar-refractivity contribution in [1.29, 1.82) is 0 Å². The van der Waals surface area contributed by atoms with Gasteiger partial charge in [0, 0.05) is 38.8 Å². The summed E-state index contributed by atoms with van der Waals surface area (Å²) in [6.07, 6.45) is -5.08. The fraction of sp³-hybridized carbons (Fsp3) is 0.348. The maximum Gasteiger partial charge on any atom is 0.490 e. The molecule has 15 heteroatoms. The third-order valence-electron chi connectivity index (χ3n) is 5.33. The number of benzene rings is 1. The predicted molar refractivity (Wildman–Crippen MR) is 130 cm³/mol.